The lowest BCUT2D eigenvalue weighted by Gasteiger charge is -2.36. The lowest BCUT2D eigenvalue weighted by atomic mass is 9.67. The molecule has 5 heteroatoms. The minimum absolute atomic E-state index is 0.0360. The first-order chi connectivity index (χ1) is 12.1. The minimum atomic E-state index is -0.0664. The Bertz CT molecular complexity index is 888. The van der Waals surface area contributed by atoms with E-state index in [-0.39, 0.29) is 37.1 Å². The van der Waals surface area contributed by atoms with Crippen LogP contribution in [0.5, 0.6) is 23.0 Å². The highest BCUT2D eigenvalue weighted by Crippen LogP contribution is 2.52. The van der Waals surface area contributed by atoms with Crippen LogP contribution in [0.3, 0.4) is 0 Å². The molecule has 1 aliphatic carbocycles. The minimum Gasteiger partial charge on any atom is -0.454 e. The van der Waals surface area contributed by atoms with Crippen molar-refractivity contribution in [3.63, 3.8) is 0 Å². The summed E-state index contributed by atoms with van der Waals surface area (Å²) in [4.78, 5) is 12.8. The Morgan fingerprint density at radius 3 is 2.48 bits per heavy atom. The normalized spacial score (nSPS) is 25.8. The van der Waals surface area contributed by atoms with E-state index in [2.05, 4.69) is 13.0 Å². The average Bonchev–Trinajstić information content (AvgIpc) is 3.28. The summed E-state index contributed by atoms with van der Waals surface area (Å²) in [6, 6.07) is 9.71. The Morgan fingerprint density at radius 2 is 1.60 bits per heavy atom. The molecular weight excluding hydrogens is 320 g/mol. The van der Waals surface area contributed by atoms with Crippen molar-refractivity contribution in [1.82, 2.24) is 0 Å². The molecule has 0 N–H and O–H groups in total. The van der Waals surface area contributed by atoms with Crippen molar-refractivity contribution in [1.29, 1.82) is 0 Å². The number of carbonyl (C=O) groups is 1. The van der Waals surface area contributed by atoms with Gasteiger partial charge in [-0.05, 0) is 35.7 Å². The predicted molar refractivity (Wildman–Crippen MR) is 89.6 cm³/mol. The maximum absolute atomic E-state index is 12.8. The molecule has 128 valence electrons. The Labute approximate surface area is 145 Å². The van der Waals surface area contributed by atoms with Crippen molar-refractivity contribution >= 4 is 5.78 Å². The molecule has 0 bridgehead atoms. The number of ether oxygens (including phenoxy) is 4. The van der Waals surface area contributed by atoms with Gasteiger partial charge in [0.15, 0.2) is 28.8 Å². The second-order valence-corrected chi connectivity index (χ2v) is 6.86. The van der Waals surface area contributed by atoms with E-state index in [0.717, 1.165) is 28.2 Å². The fraction of sp³-hybridized carbons (Fsp3) is 0.350. The van der Waals surface area contributed by atoms with E-state index >= 15 is 0 Å². The van der Waals surface area contributed by atoms with Gasteiger partial charge in [-0.25, -0.2) is 0 Å². The van der Waals surface area contributed by atoms with Crippen LogP contribution in [0.25, 0.3) is 0 Å². The molecule has 0 unspecified atom stereocenters. The maximum Gasteiger partial charge on any atom is 0.231 e. The predicted octanol–water partition coefficient (Wildman–Crippen LogP) is 3.74. The molecule has 0 spiro atoms. The highest BCUT2D eigenvalue weighted by Gasteiger charge is 2.42. The van der Waals surface area contributed by atoms with Crippen LogP contribution in [0.15, 0.2) is 30.3 Å². The number of rotatable bonds is 1. The first-order valence-electron chi connectivity index (χ1n) is 8.51. The third-order valence-corrected chi connectivity index (χ3v) is 5.64. The van der Waals surface area contributed by atoms with E-state index in [1.807, 2.05) is 31.2 Å². The molecule has 0 fully saturated rings. The van der Waals surface area contributed by atoms with Gasteiger partial charge in [-0.1, -0.05) is 19.9 Å². The van der Waals surface area contributed by atoms with Crippen LogP contribution >= 0.6 is 0 Å². The molecule has 2 aromatic rings. The first kappa shape index (κ1) is 14.6. The maximum atomic E-state index is 12.8. The van der Waals surface area contributed by atoms with E-state index in [1.165, 1.54) is 0 Å². The number of Topliss-reactive ketones (excluding diaryl/α,β-unsaturated/α-hetero) is 1. The zero-order valence-electron chi connectivity index (χ0n) is 14.1. The molecule has 3 atom stereocenters. The molecule has 5 rings (SSSR count). The Hall–Kier alpha value is -2.69. The zero-order valence-corrected chi connectivity index (χ0v) is 14.1. The van der Waals surface area contributed by atoms with Crippen molar-refractivity contribution in [3.05, 3.63) is 47.0 Å². The molecular formula is C20H18O5. The van der Waals surface area contributed by atoms with Crippen LogP contribution in [0.2, 0.25) is 0 Å². The van der Waals surface area contributed by atoms with Crippen molar-refractivity contribution in [3.8, 4) is 23.0 Å². The summed E-state index contributed by atoms with van der Waals surface area (Å²) in [5.74, 6) is 3.19. The van der Waals surface area contributed by atoms with Crippen LogP contribution in [-0.2, 0) is 0 Å². The van der Waals surface area contributed by atoms with Gasteiger partial charge in [-0.2, -0.15) is 0 Å². The standard InChI is InChI=1S/C20H18O5/c1-10-11(2)19(21)13-4-6-15-20(25-9-23-15)18(13)17(10)12-3-5-14-16(7-12)24-8-22-14/h3-7,10-11,17H,8-9H2,1-2H3/t10-,11-,17-/m1/s1. The van der Waals surface area contributed by atoms with E-state index < -0.39 is 0 Å². The van der Waals surface area contributed by atoms with E-state index in [9.17, 15) is 4.79 Å². The van der Waals surface area contributed by atoms with Crippen LogP contribution in [-0.4, -0.2) is 19.4 Å². The molecule has 3 aliphatic rings. The number of carbonyl (C=O) groups excluding carboxylic acids is 1. The monoisotopic (exact) mass is 338 g/mol. The molecule has 0 aromatic heterocycles. The third kappa shape index (κ3) is 1.98. The van der Waals surface area contributed by atoms with Gasteiger partial charge in [-0.15, -0.1) is 0 Å². The topological polar surface area (TPSA) is 54.0 Å². The van der Waals surface area contributed by atoms with Gasteiger partial charge in [0.2, 0.25) is 13.6 Å². The second-order valence-electron chi connectivity index (χ2n) is 6.86. The quantitative estimate of drug-likeness (QED) is 0.793. The van der Waals surface area contributed by atoms with Gasteiger partial charge >= 0.3 is 0 Å². The van der Waals surface area contributed by atoms with Crippen LogP contribution in [0, 0.1) is 11.8 Å². The van der Waals surface area contributed by atoms with E-state index in [1.54, 1.807) is 0 Å². The Morgan fingerprint density at radius 1 is 0.880 bits per heavy atom. The van der Waals surface area contributed by atoms with Crippen molar-refractivity contribution in [2.75, 3.05) is 13.6 Å². The number of hydrogen-bond donors (Lipinski definition) is 0. The van der Waals surface area contributed by atoms with Crippen LogP contribution in [0.1, 0.15) is 41.3 Å². The van der Waals surface area contributed by atoms with Gasteiger partial charge in [-0.3, -0.25) is 4.79 Å². The molecule has 0 saturated carbocycles. The Kier molecular flexibility index (Phi) is 3.02. The zero-order chi connectivity index (χ0) is 17.1. The van der Waals surface area contributed by atoms with Gasteiger partial charge in [0.25, 0.3) is 0 Å². The summed E-state index contributed by atoms with van der Waals surface area (Å²) in [6.45, 7) is 4.56. The summed E-state index contributed by atoms with van der Waals surface area (Å²) in [5.41, 5.74) is 2.77. The molecule has 0 radical (unpaired) electrons. The molecule has 0 amide bonds. The smallest absolute Gasteiger partial charge is 0.231 e. The van der Waals surface area contributed by atoms with E-state index in [0.29, 0.717) is 11.5 Å². The molecule has 5 nitrogen and oxygen atoms in total. The molecule has 25 heavy (non-hydrogen) atoms. The molecule has 2 aliphatic heterocycles. The summed E-state index contributed by atoms with van der Waals surface area (Å²) in [6.07, 6.45) is 0. The SMILES string of the molecule is C[C@H]1[C@H](c2ccc3c(c2)OCO3)c2c(ccc3c2OCO3)C(=O)[C@@H]1C. The van der Waals surface area contributed by atoms with Gasteiger partial charge in [0, 0.05) is 23.0 Å². The fourth-order valence-corrected chi connectivity index (χ4v) is 4.13. The molecule has 0 saturated heterocycles. The number of hydrogen-bond acceptors (Lipinski definition) is 5. The average molecular weight is 338 g/mol. The largest absolute Gasteiger partial charge is 0.454 e. The third-order valence-electron chi connectivity index (χ3n) is 5.64. The number of fused-ring (bicyclic) bond motifs is 4. The number of benzene rings is 2. The van der Waals surface area contributed by atoms with Crippen molar-refractivity contribution < 1.29 is 23.7 Å². The van der Waals surface area contributed by atoms with Crippen LogP contribution in [0.4, 0.5) is 0 Å². The second kappa shape index (κ2) is 5.15. The highest BCUT2D eigenvalue weighted by atomic mass is 16.7. The summed E-state index contributed by atoms with van der Waals surface area (Å²) >= 11 is 0. The molecule has 2 heterocycles. The highest BCUT2D eigenvalue weighted by molar-refractivity contribution is 6.02. The number of ketones is 1. The van der Waals surface area contributed by atoms with Gasteiger partial charge in [0.05, 0.1) is 0 Å². The fourth-order valence-electron chi connectivity index (χ4n) is 4.13. The summed E-state index contributed by atoms with van der Waals surface area (Å²) < 4.78 is 22.3. The summed E-state index contributed by atoms with van der Waals surface area (Å²) in [5, 5.41) is 0. The molecule has 2 aromatic carbocycles. The van der Waals surface area contributed by atoms with Crippen molar-refractivity contribution in [2.24, 2.45) is 11.8 Å². The lowest BCUT2D eigenvalue weighted by molar-refractivity contribution is 0.0864. The van der Waals surface area contributed by atoms with Crippen molar-refractivity contribution in [2.45, 2.75) is 19.8 Å². The van der Waals surface area contributed by atoms with Gasteiger partial charge < -0.3 is 18.9 Å². The lowest BCUT2D eigenvalue weighted by Crippen LogP contribution is -2.32. The van der Waals surface area contributed by atoms with E-state index in [4.69, 9.17) is 18.9 Å². The summed E-state index contributed by atoms with van der Waals surface area (Å²) in [7, 11) is 0. The Balaban J connectivity index is 1.73. The van der Waals surface area contributed by atoms with Gasteiger partial charge in [0.1, 0.15) is 0 Å². The first-order valence-corrected chi connectivity index (χ1v) is 8.51. The van der Waals surface area contributed by atoms with Crippen LogP contribution < -0.4 is 18.9 Å².